The van der Waals surface area contributed by atoms with Crippen molar-refractivity contribution in [1.29, 1.82) is 0 Å². The number of pyridine rings is 1. The van der Waals surface area contributed by atoms with E-state index in [9.17, 15) is 9.18 Å². The molecule has 92 valence electrons. The largest absolute Gasteiger partial charge is 0.478 e. The number of morpholine rings is 1. The summed E-state index contributed by atoms with van der Waals surface area (Å²) in [5.41, 5.74) is 0.0564. The molecule has 6 heteroatoms. The Kier molecular flexibility index (Phi) is 3.23. The highest BCUT2D eigenvalue weighted by Gasteiger charge is 2.21. The average molecular weight is 240 g/mol. The zero-order valence-corrected chi connectivity index (χ0v) is 9.44. The summed E-state index contributed by atoms with van der Waals surface area (Å²) in [6.45, 7) is 3.99. The first-order chi connectivity index (χ1) is 8.11. The molecular weight excluding hydrogens is 227 g/mol. The third-order valence-electron chi connectivity index (χ3n) is 2.77. The molecule has 0 aromatic carbocycles. The SMILES string of the molecule is Cc1c(N2CCOCC2)ncc(F)c1C(=O)O. The van der Waals surface area contributed by atoms with Crippen LogP contribution in [0.4, 0.5) is 10.2 Å². The summed E-state index contributed by atoms with van der Waals surface area (Å²) >= 11 is 0. The Morgan fingerprint density at radius 2 is 2.18 bits per heavy atom. The molecule has 0 atom stereocenters. The molecule has 1 N–H and O–H groups in total. The molecule has 0 spiro atoms. The van der Waals surface area contributed by atoms with Gasteiger partial charge >= 0.3 is 5.97 Å². The van der Waals surface area contributed by atoms with Gasteiger partial charge in [-0.1, -0.05) is 0 Å². The van der Waals surface area contributed by atoms with E-state index in [1.54, 1.807) is 6.92 Å². The minimum atomic E-state index is -1.27. The smallest absolute Gasteiger partial charge is 0.339 e. The molecule has 0 unspecified atom stereocenters. The van der Waals surface area contributed by atoms with E-state index in [-0.39, 0.29) is 5.56 Å². The summed E-state index contributed by atoms with van der Waals surface area (Å²) in [6.07, 6.45) is 0.960. The van der Waals surface area contributed by atoms with Crippen LogP contribution in [-0.2, 0) is 4.74 Å². The number of hydrogen-bond donors (Lipinski definition) is 1. The summed E-state index contributed by atoms with van der Waals surface area (Å²) in [5, 5.41) is 8.96. The van der Waals surface area contributed by atoms with Crippen LogP contribution in [0, 0.1) is 12.7 Å². The zero-order valence-electron chi connectivity index (χ0n) is 9.44. The Balaban J connectivity index is 2.41. The van der Waals surface area contributed by atoms with Gasteiger partial charge in [-0.3, -0.25) is 0 Å². The second kappa shape index (κ2) is 4.67. The van der Waals surface area contributed by atoms with Crippen LogP contribution in [0.2, 0.25) is 0 Å². The number of rotatable bonds is 2. The van der Waals surface area contributed by atoms with Crippen molar-refractivity contribution in [3.05, 3.63) is 23.1 Å². The summed E-state index contributed by atoms with van der Waals surface area (Å²) in [7, 11) is 0. The summed E-state index contributed by atoms with van der Waals surface area (Å²) in [4.78, 5) is 16.9. The normalized spacial score (nSPS) is 16.0. The van der Waals surface area contributed by atoms with Gasteiger partial charge in [-0.15, -0.1) is 0 Å². The topological polar surface area (TPSA) is 62.7 Å². The third-order valence-corrected chi connectivity index (χ3v) is 2.77. The van der Waals surface area contributed by atoms with E-state index in [0.717, 1.165) is 6.20 Å². The lowest BCUT2D eigenvalue weighted by molar-refractivity contribution is 0.0691. The first kappa shape index (κ1) is 11.8. The molecule has 1 aliphatic heterocycles. The number of ether oxygens (including phenoxy) is 1. The lowest BCUT2D eigenvalue weighted by Gasteiger charge is -2.29. The lowest BCUT2D eigenvalue weighted by Crippen LogP contribution is -2.37. The molecule has 1 aromatic rings. The van der Waals surface area contributed by atoms with Crippen molar-refractivity contribution in [2.24, 2.45) is 0 Å². The minimum Gasteiger partial charge on any atom is -0.478 e. The molecule has 5 nitrogen and oxygen atoms in total. The molecule has 1 aromatic heterocycles. The predicted octanol–water partition coefficient (Wildman–Crippen LogP) is 1.06. The molecule has 1 fully saturated rings. The fourth-order valence-corrected chi connectivity index (χ4v) is 1.93. The minimum absolute atomic E-state index is 0.304. The van der Waals surface area contributed by atoms with Gasteiger partial charge in [0.2, 0.25) is 0 Å². The van der Waals surface area contributed by atoms with Gasteiger partial charge in [0.1, 0.15) is 11.4 Å². The van der Waals surface area contributed by atoms with Crippen LogP contribution in [0.25, 0.3) is 0 Å². The van der Waals surface area contributed by atoms with Gasteiger partial charge < -0.3 is 14.7 Å². The zero-order chi connectivity index (χ0) is 12.4. The highest BCUT2D eigenvalue weighted by molar-refractivity contribution is 5.91. The van der Waals surface area contributed by atoms with Crippen LogP contribution in [0.3, 0.4) is 0 Å². The predicted molar refractivity (Wildman–Crippen MR) is 58.9 cm³/mol. The molecule has 0 amide bonds. The van der Waals surface area contributed by atoms with Gasteiger partial charge in [-0.05, 0) is 6.92 Å². The molecule has 2 heterocycles. The van der Waals surface area contributed by atoms with Gasteiger partial charge in [0, 0.05) is 18.7 Å². The molecule has 1 saturated heterocycles. The van der Waals surface area contributed by atoms with E-state index in [4.69, 9.17) is 9.84 Å². The maximum Gasteiger partial charge on any atom is 0.339 e. The third kappa shape index (κ3) is 2.21. The van der Waals surface area contributed by atoms with Gasteiger partial charge in [0.15, 0.2) is 5.82 Å². The molecule has 0 radical (unpaired) electrons. The molecule has 1 aliphatic rings. The van der Waals surface area contributed by atoms with E-state index < -0.39 is 11.8 Å². The quantitative estimate of drug-likeness (QED) is 0.837. The van der Waals surface area contributed by atoms with Crippen molar-refractivity contribution in [2.45, 2.75) is 6.92 Å². The number of carboxylic acid groups (broad SMARTS) is 1. The number of aromatic nitrogens is 1. The maximum atomic E-state index is 13.4. The molecule has 0 saturated carbocycles. The second-order valence-corrected chi connectivity index (χ2v) is 3.83. The van der Waals surface area contributed by atoms with Crippen molar-refractivity contribution in [1.82, 2.24) is 4.98 Å². The highest BCUT2D eigenvalue weighted by atomic mass is 19.1. The molecule has 0 aliphatic carbocycles. The summed E-state index contributed by atoms with van der Waals surface area (Å²) in [6, 6.07) is 0. The van der Waals surface area contributed by atoms with Gasteiger partial charge in [0.25, 0.3) is 0 Å². The first-order valence-corrected chi connectivity index (χ1v) is 5.32. The number of halogens is 1. The van der Waals surface area contributed by atoms with Crippen LogP contribution < -0.4 is 4.90 Å². The second-order valence-electron chi connectivity index (χ2n) is 3.83. The van der Waals surface area contributed by atoms with E-state index in [1.165, 1.54) is 0 Å². The Morgan fingerprint density at radius 3 is 2.76 bits per heavy atom. The van der Waals surface area contributed by atoms with Crippen LogP contribution in [0.15, 0.2) is 6.20 Å². The van der Waals surface area contributed by atoms with Crippen LogP contribution in [0.5, 0.6) is 0 Å². The number of aromatic carboxylic acids is 1. The fraction of sp³-hybridized carbons (Fsp3) is 0.455. The fourth-order valence-electron chi connectivity index (χ4n) is 1.93. The maximum absolute atomic E-state index is 13.4. The summed E-state index contributed by atoms with van der Waals surface area (Å²) < 4.78 is 18.6. The van der Waals surface area contributed by atoms with Crippen LogP contribution >= 0.6 is 0 Å². The Bertz CT molecular complexity index is 445. The van der Waals surface area contributed by atoms with Gasteiger partial charge in [0.05, 0.1) is 19.4 Å². The molecular formula is C11H13FN2O3. The summed E-state index contributed by atoms with van der Waals surface area (Å²) in [5.74, 6) is -1.55. The van der Waals surface area contributed by atoms with E-state index in [2.05, 4.69) is 4.98 Å². The van der Waals surface area contributed by atoms with Gasteiger partial charge in [-0.2, -0.15) is 0 Å². The van der Waals surface area contributed by atoms with E-state index in [0.29, 0.717) is 37.7 Å². The Hall–Kier alpha value is -1.69. The number of carbonyl (C=O) groups is 1. The van der Waals surface area contributed by atoms with Crippen molar-refractivity contribution in [3.8, 4) is 0 Å². The average Bonchev–Trinajstić information content (AvgIpc) is 2.30. The van der Waals surface area contributed by atoms with Crippen LogP contribution in [-0.4, -0.2) is 42.4 Å². The monoisotopic (exact) mass is 240 g/mol. The van der Waals surface area contributed by atoms with Crippen molar-refractivity contribution in [3.63, 3.8) is 0 Å². The van der Waals surface area contributed by atoms with Crippen molar-refractivity contribution in [2.75, 3.05) is 31.2 Å². The Labute approximate surface area is 97.8 Å². The van der Waals surface area contributed by atoms with E-state index >= 15 is 0 Å². The number of anilines is 1. The molecule has 2 rings (SSSR count). The number of nitrogens with zero attached hydrogens (tertiary/aromatic N) is 2. The number of carboxylic acids is 1. The van der Waals surface area contributed by atoms with Crippen molar-refractivity contribution >= 4 is 11.8 Å². The molecule has 17 heavy (non-hydrogen) atoms. The van der Waals surface area contributed by atoms with Crippen molar-refractivity contribution < 1.29 is 19.0 Å². The highest BCUT2D eigenvalue weighted by Crippen LogP contribution is 2.23. The molecule has 0 bridgehead atoms. The lowest BCUT2D eigenvalue weighted by atomic mass is 10.1. The van der Waals surface area contributed by atoms with E-state index in [1.807, 2.05) is 4.90 Å². The van der Waals surface area contributed by atoms with Gasteiger partial charge in [-0.25, -0.2) is 14.2 Å². The first-order valence-electron chi connectivity index (χ1n) is 5.32. The van der Waals surface area contributed by atoms with Crippen LogP contribution in [0.1, 0.15) is 15.9 Å². The number of hydrogen-bond acceptors (Lipinski definition) is 4. The standard InChI is InChI=1S/C11H13FN2O3/c1-7-9(11(15)16)8(12)6-13-10(7)14-2-4-17-5-3-14/h6H,2-5H2,1H3,(H,15,16). The Morgan fingerprint density at radius 1 is 1.53 bits per heavy atom.